The molecule has 0 heterocycles. The van der Waals surface area contributed by atoms with Crippen LogP contribution in [0.2, 0.25) is 0 Å². The van der Waals surface area contributed by atoms with E-state index >= 15 is 0 Å². The molecule has 0 saturated carbocycles. The van der Waals surface area contributed by atoms with Crippen LogP contribution in [0.3, 0.4) is 0 Å². The van der Waals surface area contributed by atoms with E-state index < -0.39 is 0 Å². The molecule has 0 spiro atoms. The summed E-state index contributed by atoms with van der Waals surface area (Å²) in [5.41, 5.74) is 1.48. The lowest BCUT2D eigenvalue weighted by Crippen LogP contribution is -2.27. The summed E-state index contributed by atoms with van der Waals surface area (Å²) in [6, 6.07) is 10.9. The van der Waals surface area contributed by atoms with Gasteiger partial charge in [0.2, 0.25) is 0 Å². The topological polar surface area (TPSA) is 12.0 Å². The first kappa shape index (κ1) is 17.6. The van der Waals surface area contributed by atoms with E-state index in [1.165, 1.54) is 36.3 Å². The molecule has 1 aromatic rings. The second-order valence-corrected chi connectivity index (χ2v) is 7.34. The van der Waals surface area contributed by atoms with Gasteiger partial charge in [-0.2, -0.15) is 11.8 Å². The number of hydrogen-bond acceptors (Lipinski definition) is 2. The number of rotatable bonds is 11. The molecule has 0 aliphatic rings. The maximum absolute atomic E-state index is 3.64. The predicted molar refractivity (Wildman–Crippen MR) is 93.6 cm³/mol. The molecule has 1 N–H and O–H groups in total. The van der Waals surface area contributed by atoms with E-state index in [9.17, 15) is 0 Å². The van der Waals surface area contributed by atoms with Crippen LogP contribution in [0.4, 0.5) is 0 Å². The second-order valence-electron chi connectivity index (χ2n) is 5.95. The first-order chi connectivity index (χ1) is 9.72. The summed E-state index contributed by atoms with van der Waals surface area (Å²) in [6.45, 7) is 9.09. The van der Waals surface area contributed by atoms with Crippen molar-refractivity contribution in [3.63, 3.8) is 0 Å². The van der Waals surface area contributed by atoms with Crippen molar-refractivity contribution in [3.8, 4) is 0 Å². The molecule has 0 saturated heterocycles. The summed E-state index contributed by atoms with van der Waals surface area (Å²) in [6.07, 6.45) is 3.90. The summed E-state index contributed by atoms with van der Waals surface area (Å²) >= 11 is 2.06. The summed E-state index contributed by atoms with van der Waals surface area (Å²) in [5.74, 6) is 4.07. The molecular formula is C18H31NS. The van der Waals surface area contributed by atoms with Gasteiger partial charge in [0.15, 0.2) is 0 Å². The fourth-order valence-corrected chi connectivity index (χ4v) is 3.08. The monoisotopic (exact) mass is 293 g/mol. The zero-order valence-electron chi connectivity index (χ0n) is 13.4. The van der Waals surface area contributed by atoms with E-state index in [1.54, 1.807) is 0 Å². The molecule has 0 aliphatic heterocycles. The Balaban J connectivity index is 2.37. The van der Waals surface area contributed by atoms with Gasteiger partial charge in [0.25, 0.3) is 0 Å². The zero-order chi connectivity index (χ0) is 14.6. The van der Waals surface area contributed by atoms with Crippen LogP contribution in [0.5, 0.6) is 0 Å². The lowest BCUT2D eigenvalue weighted by Gasteiger charge is -2.18. The van der Waals surface area contributed by atoms with Crippen molar-refractivity contribution in [2.75, 3.05) is 24.6 Å². The van der Waals surface area contributed by atoms with Crippen molar-refractivity contribution >= 4 is 11.8 Å². The Bertz CT molecular complexity index is 323. The van der Waals surface area contributed by atoms with Crippen molar-refractivity contribution in [1.82, 2.24) is 5.32 Å². The molecule has 0 radical (unpaired) electrons. The standard InChI is InChI=1S/C18H31NS/c1-4-20-12-8-11-18(15-19-14-16(2)3)13-17-9-6-5-7-10-17/h5-7,9-10,16,18-19H,4,8,11-15H2,1-3H3. The van der Waals surface area contributed by atoms with Crippen LogP contribution in [-0.2, 0) is 6.42 Å². The number of thioether (sulfide) groups is 1. The largest absolute Gasteiger partial charge is 0.316 e. The fraction of sp³-hybridized carbons (Fsp3) is 0.667. The first-order valence-corrected chi connectivity index (χ1v) is 9.20. The van der Waals surface area contributed by atoms with Gasteiger partial charge in [-0.1, -0.05) is 51.1 Å². The molecule has 1 nitrogen and oxygen atoms in total. The van der Waals surface area contributed by atoms with E-state index in [-0.39, 0.29) is 0 Å². The average molecular weight is 294 g/mol. The molecule has 1 unspecified atom stereocenters. The molecule has 0 fully saturated rings. The van der Waals surface area contributed by atoms with Gasteiger partial charge < -0.3 is 5.32 Å². The lowest BCUT2D eigenvalue weighted by atomic mass is 9.95. The van der Waals surface area contributed by atoms with Gasteiger partial charge in [-0.3, -0.25) is 0 Å². The van der Waals surface area contributed by atoms with Gasteiger partial charge in [-0.15, -0.1) is 0 Å². The van der Waals surface area contributed by atoms with E-state index in [2.05, 4.69) is 68.2 Å². The Morgan fingerprint density at radius 1 is 1.10 bits per heavy atom. The minimum Gasteiger partial charge on any atom is -0.316 e. The van der Waals surface area contributed by atoms with E-state index in [0.29, 0.717) is 0 Å². The van der Waals surface area contributed by atoms with Crippen LogP contribution in [-0.4, -0.2) is 24.6 Å². The minimum absolute atomic E-state index is 0.739. The molecular weight excluding hydrogens is 262 g/mol. The quantitative estimate of drug-likeness (QED) is 0.597. The summed E-state index contributed by atoms with van der Waals surface area (Å²) in [5, 5.41) is 3.64. The third kappa shape index (κ3) is 8.65. The lowest BCUT2D eigenvalue weighted by molar-refractivity contribution is 0.422. The molecule has 114 valence electrons. The SMILES string of the molecule is CCSCCCC(CNCC(C)C)Cc1ccccc1. The Hall–Kier alpha value is -0.470. The fourth-order valence-electron chi connectivity index (χ4n) is 2.42. The average Bonchev–Trinajstić information content (AvgIpc) is 2.44. The molecule has 0 bridgehead atoms. The Labute approximate surface area is 129 Å². The van der Waals surface area contributed by atoms with Crippen molar-refractivity contribution in [2.45, 2.75) is 40.0 Å². The van der Waals surface area contributed by atoms with Crippen molar-refractivity contribution < 1.29 is 0 Å². The number of hydrogen-bond donors (Lipinski definition) is 1. The van der Waals surface area contributed by atoms with E-state index in [1.807, 2.05) is 0 Å². The Morgan fingerprint density at radius 2 is 1.85 bits per heavy atom. The van der Waals surface area contributed by atoms with Gasteiger partial charge in [0.05, 0.1) is 0 Å². The van der Waals surface area contributed by atoms with Gasteiger partial charge in [-0.05, 0) is 61.3 Å². The van der Waals surface area contributed by atoms with Crippen molar-refractivity contribution in [2.24, 2.45) is 11.8 Å². The first-order valence-electron chi connectivity index (χ1n) is 8.04. The summed E-state index contributed by atoms with van der Waals surface area (Å²) in [7, 11) is 0. The summed E-state index contributed by atoms with van der Waals surface area (Å²) < 4.78 is 0. The van der Waals surface area contributed by atoms with Gasteiger partial charge in [-0.25, -0.2) is 0 Å². The highest BCUT2D eigenvalue weighted by Crippen LogP contribution is 2.16. The van der Waals surface area contributed by atoms with Crippen LogP contribution in [0.15, 0.2) is 30.3 Å². The summed E-state index contributed by atoms with van der Waals surface area (Å²) in [4.78, 5) is 0. The molecule has 0 aliphatic carbocycles. The third-order valence-electron chi connectivity index (χ3n) is 3.46. The second kappa shape index (κ2) is 11.2. The number of nitrogens with one attached hydrogen (secondary N) is 1. The van der Waals surface area contributed by atoms with Gasteiger partial charge in [0.1, 0.15) is 0 Å². The maximum Gasteiger partial charge on any atom is -0.00172 e. The third-order valence-corrected chi connectivity index (χ3v) is 4.44. The minimum atomic E-state index is 0.739. The molecule has 2 heteroatoms. The highest BCUT2D eigenvalue weighted by Gasteiger charge is 2.09. The van der Waals surface area contributed by atoms with Gasteiger partial charge in [0, 0.05) is 0 Å². The molecule has 1 aromatic carbocycles. The molecule has 0 aromatic heterocycles. The predicted octanol–water partition coefficient (Wildman–Crippen LogP) is 4.62. The Kier molecular flexibility index (Phi) is 9.86. The molecule has 20 heavy (non-hydrogen) atoms. The van der Waals surface area contributed by atoms with Crippen LogP contribution < -0.4 is 5.32 Å². The molecule has 1 rings (SSSR count). The highest BCUT2D eigenvalue weighted by atomic mass is 32.2. The maximum atomic E-state index is 3.64. The van der Waals surface area contributed by atoms with Gasteiger partial charge >= 0.3 is 0 Å². The van der Waals surface area contributed by atoms with Crippen LogP contribution in [0.25, 0.3) is 0 Å². The molecule has 1 atom stereocenters. The van der Waals surface area contributed by atoms with Crippen LogP contribution >= 0.6 is 11.8 Å². The highest BCUT2D eigenvalue weighted by molar-refractivity contribution is 7.99. The Morgan fingerprint density at radius 3 is 2.50 bits per heavy atom. The molecule has 0 amide bonds. The zero-order valence-corrected chi connectivity index (χ0v) is 14.2. The van der Waals surface area contributed by atoms with Crippen molar-refractivity contribution in [3.05, 3.63) is 35.9 Å². The van der Waals surface area contributed by atoms with Crippen LogP contribution in [0, 0.1) is 11.8 Å². The smallest absolute Gasteiger partial charge is 0.00172 e. The normalized spacial score (nSPS) is 12.8. The van der Waals surface area contributed by atoms with Crippen LogP contribution in [0.1, 0.15) is 39.2 Å². The van der Waals surface area contributed by atoms with E-state index in [0.717, 1.165) is 24.9 Å². The van der Waals surface area contributed by atoms with Crippen molar-refractivity contribution in [1.29, 1.82) is 0 Å². The van der Waals surface area contributed by atoms with E-state index in [4.69, 9.17) is 0 Å². The number of benzene rings is 1.